The molecule has 3 rings (SSSR count). The zero-order chi connectivity index (χ0) is 14.9. The number of hydrogen-bond donors (Lipinski definition) is 1. The lowest BCUT2D eigenvalue weighted by atomic mass is 10.3. The van der Waals surface area contributed by atoms with Gasteiger partial charge in [0, 0.05) is 25.3 Å². The largest absolute Gasteiger partial charge is 0.428 e. The number of nitrogen functional groups attached to an aromatic ring is 1. The van der Waals surface area contributed by atoms with Gasteiger partial charge in [-0.05, 0) is 18.2 Å². The van der Waals surface area contributed by atoms with Gasteiger partial charge in [-0.15, -0.1) is 0 Å². The van der Waals surface area contributed by atoms with Crippen molar-refractivity contribution in [3.8, 4) is 0 Å². The topological polar surface area (TPSA) is 98.7 Å². The van der Waals surface area contributed by atoms with Gasteiger partial charge in [-0.3, -0.25) is 4.90 Å². The third kappa shape index (κ3) is 3.17. The molecule has 1 aliphatic rings. The maximum atomic E-state index is 12.3. The predicted molar refractivity (Wildman–Crippen MR) is 77.7 cm³/mol. The second kappa shape index (κ2) is 5.63. The van der Waals surface area contributed by atoms with Crippen LogP contribution < -0.4 is 5.73 Å². The normalized spacial score (nSPS) is 17.3. The molecule has 2 aromatic rings. The number of morpholine rings is 1. The van der Waals surface area contributed by atoms with E-state index in [0.29, 0.717) is 36.5 Å². The summed E-state index contributed by atoms with van der Waals surface area (Å²) in [5, 5.41) is -0.239. The Hall–Kier alpha value is -1.64. The Labute approximate surface area is 122 Å². The molecule has 1 aromatic heterocycles. The van der Waals surface area contributed by atoms with Crippen molar-refractivity contribution in [2.45, 2.75) is 5.22 Å². The van der Waals surface area contributed by atoms with Crippen molar-refractivity contribution < 1.29 is 17.6 Å². The van der Waals surface area contributed by atoms with Crippen molar-refractivity contribution in [3.63, 3.8) is 0 Å². The zero-order valence-corrected chi connectivity index (χ0v) is 12.3. The first-order valence-electron chi connectivity index (χ1n) is 6.73. The highest BCUT2D eigenvalue weighted by molar-refractivity contribution is 7.91. The van der Waals surface area contributed by atoms with Gasteiger partial charge in [0.05, 0.1) is 19.0 Å². The van der Waals surface area contributed by atoms with Crippen molar-refractivity contribution >= 4 is 26.6 Å². The molecule has 0 amide bonds. The van der Waals surface area contributed by atoms with Crippen LogP contribution >= 0.6 is 0 Å². The van der Waals surface area contributed by atoms with Crippen LogP contribution in [-0.4, -0.2) is 56.9 Å². The molecule has 21 heavy (non-hydrogen) atoms. The second-order valence-electron chi connectivity index (χ2n) is 4.98. The first-order valence-corrected chi connectivity index (χ1v) is 8.39. The molecule has 8 heteroatoms. The molecule has 0 aliphatic carbocycles. The van der Waals surface area contributed by atoms with Crippen molar-refractivity contribution in [2.24, 2.45) is 0 Å². The van der Waals surface area contributed by atoms with Crippen LogP contribution in [0.4, 0.5) is 5.69 Å². The summed E-state index contributed by atoms with van der Waals surface area (Å²) < 4.78 is 35.1. The summed E-state index contributed by atoms with van der Waals surface area (Å²) in [6.45, 7) is 3.23. The van der Waals surface area contributed by atoms with Crippen LogP contribution in [0.25, 0.3) is 11.1 Å². The number of rotatable bonds is 4. The summed E-state index contributed by atoms with van der Waals surface area (Å²) in [4.78, 5) is 6.09. The van der Waals surface area contributed by atoms with Crippen LogP contribution in [0, 0.1) is 0 Å². The van der Waals surface area contributed by atoms with E-state index in [1.54, 1.807) is 18.2 Å². The zero-order valence-electron chi connectivity index (χ0n) is 11.5. The number of fused-ring (bicyclic) bond motifs is 1. The molecule has 7 nitrogen and oxygen atoms in total. The fourth-order valence-electron chi connectivity index (χ4n) is 2.22. The van der Waals surface area contributed by atoms with Gasteiger partial charge in [-0.2, -0.15) is 4.98 Å². The van der Waals surface area contributed by atoms with E-state index in [0.717, 1.165) is 13.1 Å². The highest BCUT2D eigenvalue weighted by Gasteiger charge is 2.23. The summed E-state index contributed by atoms with van der Waals surface area (Å²) in [6, 6.07) is 4.87. The molecule has 0 saturated carbocycles. The minimum Gasteiger partial charge on any atom is -0.428 e. The Balaban J connectivity index is 1.76. The fourth-order valence-corrected chi connectivity index (χ4v) is 3.35. The summed E-state index contributed by atoms with van der Waals surface area (Å²) in [6.07, 6.45) is 0. The van der Waals surface area contributed by atoms with Crippen LogP contribution in [0.15, 0.2) is 27.8 Å². The summed E-state index contributed by atoms with van der Waals surface area (Å²) in [7, 11) is -3.54. The lowest BCUT2D eigenvalue weighted by Gasteiger charge is -2.25. The SMILES string of the molecule is Nc1ccc2oc(S(=O)(=O)CCN3CCOCC3)nc2c1. The lowest BCUT2D eigenvalue weighted by Crippen LogP contribution is -2.39. The Morgan fingerprint density at radius 1 is 1.29 bits per heavy atom. The number of aromatic nitrogens is 1. The molecule has 1 aliphatic heterocycles. The van der Waals surface area contributed by atoms with Gasteiger partial charge >= 0.3 is 5.22 Å². The van der Waals surface area contributed by atoms with E-state index < -0.39 is 9.84 Å². The van der Waals surface area contributed by atoms with Crippen molar-refractivity contribution in [2.75, 3.05) is 44.3 Å². The average Bonchev–Trinajstić information content (AvgIpc) is 2.90. The molecular weight excluding hydrogens is 294 g/mol. The number of nitrogens with zero attached hydrogens (tertiary/aromatic N) is 2. The van der Waals surface area contributed by atoms with Gasteiger partial charge in [0.1, 0.15) is 5.52 Å². The maximum absolute atomic E-state index is 12.3. The van der Waals surface area contributed by atoms with Crippen LogP contribution in [0.2, 0.25) is 0 Å². The van der Waals surface area contributed by atoms with Crippen LogP contribution in [0.1, 0.15) is 0 Å². The van der Waals surface area contributed by atoms with E-state index in [2.05, 4.69) is 9.88 Å². The van der Waals surface area contributed by atoms with E-state index in [9.17, 15) is 8.42 Å². The summed E-state index contributed by atoms with van der Waals surface area (Å²) >= 11 is 0. The van der Waals surface area contributed by atoms with E-state index in [4.69, 9.17) is 14.9 Å². The average molecular weight is 311 g/mol. The van der Waals surface area contributed by atoms with Crippen molar-refractivity contribution in [1.29, 1.82) is 0 Å². The van der Waals surface area contributed by atoms with Gasteiger partial charge in [0.25, 0.3) is 0 Å². The van der Waals surface area contributed by atoms with Gasteiger partial charge in [0.15, 0.2) is 5.58 Å². The van der Waals surface area contributed by atoms with E-state index in [-0.39, 0.29) is 11.0 Å². The number of hydrogen-bond acceptors (Lipinski definition) is 7. The summed E-state index contributed by atoms with van der Waals surface area (Å²) in [5.41, 5.74) is 7.05. The van der Waals surface area contributed by atoms with Crippen LogP contribution in [0.3, 0.4) is 0 Å². The van der Waals surface area contributed by atoms with Crippen LogP contribution in [-0.2, 0) is 14.6 Å². The van der Waals surface area contributed by atoms with Crippen molar-refractivity contribution in [1.82, 2.24) is 9.88 Å². The second-order valence-corrected chi connectivity index (χ2v) is 6.97. The smallest absolute Gasteiger partial charge is 0.316 e. The molecule has 0 atom stereocenters. The first kappa shape index (κ1) is 14.3. The van der Waals surface area contributed by atoms with E-state index >= 15 is 0 Å². The minimum absolute atomic E-state index is 0.0185. The molecule has 2 N–H and O–H groups in total. The lowest BCUT2D eigenvalue weighted by molar-refractivity contribution is 0.0408. The Morgan fingerprint density at radius 2 is 2.05 bits per heavy atom. The number of nitrogens with two attached hydrogens (primary N) is 1. The number of benzene rings is 1. The number of ether oxygens (including phenoxy) is 1. The van der Waals surface area contributed by atoms with Crippen molar-refractivity contribution in [3.05, 3.63) is 18.2 Å². The molecule has 0 unspecified atom stereocenters. The number of sulfone groups is 1. The highest BCUT2D eigenvalue weighted by atomic mass is 32.2. The highest BCUT2D eigenvalue weighted by Crippen LogP contribution is 2.21. The van der Waals surface area contributed by atoms with Gasteiger partial charge in [-0.25, -0.2) is 8.42 Å². The molecule has 1 aromatic carbocycles. The molecule has 0 bridgehead atoms. The molecular formula is C13H17N3O4S. The Morgan fingerprint density at radius 3 is 2.81 bits per heavy atom. The molecule has 0 radical (unpaired) electrons. The fraction of sp³-hybridized carbons (Fsp3) is 0.462. The molecule has 114 valence electrons. The number of oxazole rings is 1. The summed E-state index contributed by atoms with van der Waals surface area (Å²) in [5.74, 6) is -0.0185. The Kier molecular flexibility index (Phi) is 3.83. The van der Waals surface area contributed by atoms with E-state index in [1.807, 2.05) is 0 Å². The maximum Gasteiger partial charge on any atom is 0.316 e. The standard InChI is InChI=1S/C13H17N3O4S/c14-10-1-2-12-11(9-10)15-13(20-12)21(17,18)8-5-16-3-6-19-7-4-16/h1-2,9H,3-8,14H2. The Bertz CT molecular complexity index is 735. The third-order valence-electron chi connectivity index (χ3n) is 3.44. The molecule has 1 fully saturated rings. The molecule has 1 saturated heterocycles. The van der Waals surface area contributed by atoms with Gasteiger partial charge in [-0.1, -0.05) is 0 Å². The third-order valence-corrected chi connectivity index (χ3v) is 4.86. The molecule has 2 heterocycles. The predicted octanol–water partition coefficient (Wildman–Crippen LogP) is 0.516. The monoisotopic (exact) mass is 311 g/mol. The van der Waals surface area contributed by atoms with Gasteiger partial charge < -0.3 is 14.9 Å². The minimum atomic E-state index is -3.54. The molecule has 0 spiro atoms. The van der Waals surface area contributed by atoms with Gasteiger partial charge in [0.2, 0.25) is 9.84 Å². The van der Waals surface area contributed by atoms with Crippen LogP contribution in [0.5, 0.6) is 0 Å². The number of anilines is 1. The first-order chi connectivity index (χ1) is 10.0. The van der Waals surface area contributed by atoms with E-state index in [1.165, 1.54) is 0 Å². The quantitative estimate of drug-likeness (QED) is 0.822.